The molecule has 0 N–H and O–H groups in total. The third-order valence-electron chi connectivity index (χ3n) is 1.41. The maximum Gasteiger partial charge on any atom is 0.0408 e. The molecule has 0 aliphatic heterocycles. The first-order valence-corrected chi connectivity index (χ1v) is 5.19. The summed E-state index contributed by atoms with van der Waals surface area (Å²) in [6.07, 6.45) is 1.10. The van der Waals surface area contributed by atoms with Crippen LogP contribution >= 0.6 is 34.2 Å². The molecule has 0 fully saturated rings. The average Bonchev–Trinajstić information content (AvgIpc) is 1.85. The molecule has 2 heteroatoms. The van der Waals surface area contributed by atoms with Crippen LogP contribution in [0.1, 0.15) is 12.5 Å². The second kappa shape index (κ2) is 4.31. The van der Waals surface area contributed by atoms with Crippen LogP contribution in [0.5, 0.6) is 0 Å². The topological polar surface area (TPSA) is 0 Å². The molecule has 1 atom stereocenters. The number of rotatable bonds is 2. The predicted octanol–water partition coefficient (Wildman–Crippen LogP) is 3.71. The molecule has 0 nitrogen and oxygen atoms in total. The van der Waals surface area contributed by atoms with Gasteiger partial charge in [0, 0.05) is 8.95 Å². The third kappa shape index (κ3) is 3.43. The zero-order chi connectivity index (χ0) is 8.27. The number of halogens is 2. The minimum atomic E-state index is 0.672. The van der Waals surface area contributed by atoms with Crippen molar-refractivity contribution in [2.75, 3.05) is 0 Å². The third-order valence-corrected chi connectivity index (χ3v) is 2.08. The minimum Gasteiger partial charge on any atom is -0.0843 e. The summed E-state index contributed by atoms with van der Waals surface area (Å²) in [7, 11) is 0. The van der Waals surface area contributed by atoms with Gasteiger partial charge in [0.2, 0.25) is 0 Å². The lowest BCUT2D eigenvalue weighted by Crippen LogP contribution is -1.95. The highest BCUT2D eigenvalue weighted by atomic mass is 127. The van der Waals surface area contributed by atoms with Crippen molar-refractivity contribution in [3.05, 3.63) is 34.9 Å². The van der Waals surface area contributed by atoms with Crippen molar-refractivity contribution in [1.29, 1.82) is 0 Å². The van der Waals surface area contributed by atoms with Gasteiger partial charge in [-0.25, -0.2) is 0 Å². The second-order valence-corrected chi connectivity index (χ2v) is 5.18. The van der Waals surface area contributed by atoms with Crippen LogP contribution < -0.4 is 0 Å². The molecule has 11 heavy (non-hydrogen) atoms. The van der Waals surface area contributed by atoms with E-state index in [9.17, 15) is 0 Å². The van der Waals surface area contributed by atoms with Crippen molar-refractivity contribution in [1.82, 2.24) is 0 Å². The Morgan fingerprint density at radius 3 is 2.82 bits per heavy atom. The van der Waals surface area contributed by atoms with E-state index in [-0.39, 0.29) is 0 Å². The highest BCUT2D eigenvalue weighted by molar-refractivity contribution is 14.1. The van der Waals surface area contributed by atoms with Crippen molar-refractivity contribution in [3.8, 4) is 0 Å². The van der Waals surface area contributed by atoms with Crippen LogP contribution in [0.4, 0.5) is 0 Å². The lowest BCUT2D eigenvalue weighted by Gasteiger charge is -2.02. The minimum absolute atomic E-state index is 0.672. The molecule has 0 heterocycles. The summed E-state index contributed by atoms with van der Waals surface area (Å²) in [6, 6.07) is 8.04. The van der Waals surface area contributed by atoms with Crippen LogP contribution in [0.2, 0.25) is 5.02 Å². The number of hydrogen-bond donors (Lipinski definition) is 0. The van der Waals surface area contributed by atoms with Gasteiger partial charge in [0.15, 0.2) is 0 Å². The molecular weight excluding hydrogens is 270 g/mol. The highest BCUT2D eigenvalue weighted by Crippen LogP contribution is 2.14. The molecule has 1 aromatic rings. The first-order chi connectivity index (χ1) is 5.18. The fourth-order valence-corrected chi connectivity index (χ4v) is 1.71. The molecule has 0 aromatic heterocycles. The largest absolute Gasteiger partial charge is 0.0843 e. The lowest BCUT2D eigenvalue weighted by atomic mass is 10.1. The van der Waals surface area contributed by atoms with E-state index in [4.69, 9.17) is 11.6 Å². The molecule has 1 aromatic carbocycles. The van der Waals surface area contributed by atoms with E-state index in [1.807, 2.05) is 18.2 Å². The van der Waals surface area contributed by atoms with E-state index < -0.39 is 0 Å². The fraction of sp³-hybridized carbons (Fsp3) is 0.333. The number of benzene rings is 1. The van der Waals surface area contributed by atoms with Gasteiger partial charge >= 0.3 is 0 Å². The number of hydrogen-bond acceptors (Lipinski definition) is 0. The molecule has 0 bridgehead atoms. The first kappa shape index (κ1) is 9.33. The van der Waals surface area contributed by atoms with E-state index in [1.165, 1.54) is 5.56 Å². The van der Waals surface area contributed by atoms with Gasteiger partial charge in [0.05, 0.1) is 0 Å². The predicted molar refractivity (Wildman–Crippen MR) is 58.6 cm³/mol. The smallest absolute Gasteiger partial charge is 0.0408 e. The molecule has 0 saturated carbocycles. The highest BCUT2D eigenvalue weighted by Gasteiger charge is 1.98. The molecule has 0 aliphatic rings. The summed E-state index contributed by atoms with van der Waals surface area (Å²) in [4.78, 5) is 0. The summed E-state index contributed by atoms with van der Waals surface area (Å²) in [5.74, 6) is 0. The van der Waals surface area contributed by atoms with Gasteiger partial charge in [-0.2, -0.15) is 0 Å². The van der Waals surface area contributed by atoms with E-state index >= 15 is 0 Å². The lowest BCUT2D eigenvalue weighted by molar-refractivity contribution is 0.977. The Balaban J connectivity index is 2.71. The van der Waals surface area contributed by atoms with Crippen LogP contribution in [-0.2, 0) is 6.42 Å². The maximum atomic E-state index is 5.83. The Bertz CT molecular complexity index is 233. The van der Waals surface area contributed by atoms with Gasteiger partial charge in [-0.1, -0.05) is 53.2 Å². The van der Waals surface area contributed by atoms with Crippen LogP contribution in [-0.4, -0.2) is 3.92 Å². The van der Waals surface area contributed by atoms with Gasteiger partial charge in [-0.15, -0.1) is 0 Å². The summed E-state index contributed by atoms with van der Waals surface area (Å²) in [5, 5.41) is 0.833. The normalized spacial score (nSPS) is 13.0. The van der Waals surface area contributed by atoms with Gasteiger partial charge in [-0.05, 0) is 24.1 Å². The van der Waals surface area contributed by atoms with Crippen LogP contribution in [0.3, 0.4) is 0 Å². The van der Waals surface area contributed by atoms with Gasteiger partial charge < -0.3 is 0 Å². The monoisotopic (exact) mass is 280 g/mol. The van der Waals surface area contributed by atoms with Crippen molar-refractivity contribution in [2.45, 2.75) is 17.3 Å². The van der Waals surface area contributed by atoms with E-state index in [0.717, 1.165) is 11.4 Å². The fourth-order valence-electron chi connectivity index (χ4n) is 0.989. The van der Waals surface area contributed by atoms with Gasteiger partial charge in [0.1, 0.15) is 0 Å². The summed E-state index contributed by atoms with van der Waals surface area (Å²) in [5.41, 5.74) is 1.32. The Labute approximate surface area is 86.1 Å². The molecule has 60 valence electrons. The Kier molecular flexibility index (Phi) is 3.66. The molecule has 1 rings (SSSR count). The maximum absolute atomic E-state index is 5.83. The van der Waals surface area contributed by atoms with Crippen molar-refractivity contribution >= 4 is 34.2 Å². The van der Waals surface area contributed by atoms with Crippen molar-refractivity contribution in [3.63, 3.8) is 0 Å². The SMILES string of the molecule is CC(I)Cc1cccc(Cl)c1. The standard InChI is InChI=1S/C9H10ClI/c1-7(11)5-8-3-2-4-9(10)6-8/h2-4,6-7H,5H2,1H3. The molecule has 0 saturated heterocycles. The summed E-state index contributed by atoms with van der Waals surface area (Å²) >= 11 is 8.24. The zero-order valence-electron chi connectivity index (χ0n) is 6.35. The molecule has 0 radical (unpaired) electrons. The molecular formula is C9H10ClI. The van der Waals surface area contributed by atoms with Crippen molar-refractivity contribution < 1.29 is 0 Å². The molecule has 1 unspecified atom stereocenters. The number of alkyl halides is 1. The summed E-state index contributed by atoms with van der Waals surface area (Å²) < 4.78 is 0.672. The molecule has 0 aliphatic carbocycles. The first-order valence-electron chi connectivity index (χ1n) is 3.57. The van der Waals surface area contributed by atoms with E-state index in [2.05, 4.69) is 35.6 Å². The molecule has 0 spiro atoms. The zero-order valence-corrected chi connectivity index (χ0v) is 9.26. The van der Waals surface area contributed by atoms with E-state index in [0.29, 0.717) is 3.92 Å². The average molecular weight is 281 g/mol. The Hall–Kier alpha value is 0.240. The van der Waals surface area contributed by atoms with Crippen LogP contribution in [0.15, 0.2) is 24.3 Å². The summed E-state index contributed by atoms with van der Waals surface area (Å²) in [6.45, 7) is 2.20. The van der Waals surface area contributed by atoms with Gasteiger partial charge in [-0.3, -0.25) is 0 Å². The Morgan fingerprint density at radius 2 is 2.27 bits per heavy atom. The molecule has 0 amide bonds. The van der Waals surface area contributed by atoms with Crippen molar-refractivity contribution in [2.24, 2.45) is 0 Å². The van der Waals surface area contributed by atoms with Crippen LogP contribution in [0.25, 0.3) is 0 Å². The second-order valence-electron chi connectivity index (χ2n) is 2.61. The van der Waals surface area contributed by atoms with Crippen LogP contribution in [0, 0.1) is 0 Å². The Morgan fingerprint density at radius 1 is 1.55 bits per heavy atom. The van der Waals surface area contributed by atoms with E-state index in [1.54, 1.807) is 0 Å². The van der Waals surface area contributed by atoms with Gasteiger partial charge in [0.25, 0.3) is 0 Å². The quantitative estimate of drug-likeness (QED) is 0.572.